The van der Waals surface area contributed by atoms with Crippen molar-refractivity contribution in [1.29, 1.82) is 0 Å². The largest absolute Gasteiger partial charge is 0.444 e. The Bertz CT molecular complexity index is 727. The van der Waals surface area contributed by atoms with E-state index in [2.05, 4.69) is 5.32 Å². The van der Waals surface area contributed by atoms with Crippen molar-refractivity contribution in [1.82, 2.24) is 14.5 Å². The van der Waals surface area contributed by atoms with Gasteiger partial charge >= 0.3 is 6.09 Å². The van der Waals surface area contributed by atoms with Gasteiger partial charge in [-0.05, 0) is 52.4 Å². The lowest BCUT2D eigenvalue weighted by Gasteiger charge is -2.35. The molecule has 29 heavy (non-hydrogen) atoms. The molecular weight excluding hydrogens is 394 g/mol. The summed E-state index contributed by atoms with van der Waals surface area (Å²) in [6.07, 6.45) is 7.03. The van der Waals surface area contributed by atoms with Crippen LogP contribution in [-0.4, -0.2) is 72.7 Å². The summed E-state index contributed by atoms with van der Waals surface area (Å²) >= 11 is 0. The van der Waals surface area contributed by atoms with Crippen molar-refractivity contribution < 1.29 is 22.7 Å². The highest BCUT2D eigenvalue weighted by molar-refractivity contribution is 7.88. The number of ether oxygens (including phenoxy) is 1. The predicted octanol–water partition coefficient (Wildman–Crippen LogP) is 2.09. The predicted molar refractivity (Wildman–Crippen MR) is 110 cm³/mol. The Morgan fingerprint density at radius 1 is 1.00 bits per heavy atom. The van der Waals surface area contributed by atoms with E-state index >= 15 is 0 Å². The van der Waals surface area contributed by atoms with Gasteiger partial charge in [0, 0.05) is 25.2 Å². The molecule has 2 heterocycles. The Kier molecular flexibility index (Phi) is 6.48. The van der Waals surface area contributed by atoms with Crippen molar-refractivity contribution in [2.75, 3.05) is 19.3 Å². The highest BCUT2D eigenvalue weighted by Gasteiger charge is 2.49. The molecule has 2 saturated heterocycles. The molecule has 2 aliphatic heterocycles. The third kappa shape index (κ3) is 5.23. The first-order valence-electron chi connectivity index (χ1n) is 10.7. The quantitative estimate of drug-likeness (QED) is 0.738. The van der Waals surface area contributed by atoms with Crippen molar-refractivity contribution in [3.05, 3.63) is 0 Å². The summed E-state index contributed by atoms with van der Waals surface area (Å²) in [5, 5.41) is 2.86. The van der Waals surface area contributed by atoms with Crippen LogP contribution in [0.5, 0.6) is 0 Å². The van der Waals surface area contributed by atoms with Gasteiger partial charge in [-0.1, -0.05) is 19.3 Å². The minimum atomic E-state index is -3.28. The molecule has 1 aliphatic carbocycles. The first-order valence-corrected chi connectivity index (χ1v) is 12.6. The molecule has 3 rings (SSSR count). The van der Waals surface area contributed by atoms with E-state index in [1.54, 1.807) is 20.8 Å². The number of fused-ring (bicyclic) bond motifs is 1. The maximum absolute atomic E-state index is 13.5. The number of sulfonamides is 1. The van der Waals surface area contributed by atoms with Gasteiger partial charge in [-0.2, -0.15) is 4.31 Å². The van der Waals surface area contributed by atoms with Gasteiger partial charge in [0.05, 0.1) is 6.26 Å². The van der Waals surface area contributed by atoms with E-state index < -0.39 is 27.8 Å². The van der Waals surface area contributed by atoms with Gasteiger partial charge in [-0.15, -0.1) is 0 Å². The number of hydrogen-bond donors (Lipinski definition) is 1. The van der Waals surface area contributed by atoms with Crippen LogP contribution < -0.4 is 5.32 Å². The maximum Gasteiger partial charge on any atom is 0.408 e. The molecule has 3 aliphatic rings. The Hall–Kier alpha value is -1.35. The van der Waals surface area contributed by atoms with Gasteiger partial charge < -0.3 is 15.0 Å². The lowest BCUT2D eigenvalue weighted by atomic mass is 9.83. The molecule has 0 aromatic rings. The van der Waals surface area contributed by atoms with Crippen LogP contribution in [0.1, 0.15) is 65.7 Å². The maximum atomic E-state index is 13.5. The van der Waals surface area contributed by atoms with E-state index in [9.17, 15) is 18.0 Å². The average molecular weight is 430 g/mol. The highest BCUT2D eigenvalue weighted by atomic mass is 32.2. The lowest BCUT2D eigenvalue weighted by molar-refractivity contribution is -0.136. The Morgan fingerprint density at radius 2 is 1.62 bits per heavy atom. The molecule has 0 aromatic carbocycles. The van der Waals surface area contributed by atoms with E-state index in [-0.39, 0.29) is 23.9 Å². The van der Waals surface area contributed by atoms with E-state index in [0.29, 0.717) is 25.9 Å². The fraction of sp³-hybridized carbons (Fsp3) is 0.900. The number of nitrogens with one attached hydrogen (secondary N) is 1. The van der Waals surface area contributed by atoms with Crippen LogP contribution in [-0.2, 0) is 19.6 Å². The Morgan fingerprint density at radius 3 is 2.21 bits per heavy atom. The molecule has 166 valence electrons. The first kappa shape index (κ1) is 22.3. The monoisotopic (exact) mass is 429 g/mol. The van der Waals surface area contributed by atoms with Crippen molar-refractivity contribution in [2.45, 2.75) is 89.4 Å². The average Bonchev–Trinajstić information content (AvgIpc) is 3.19. The van der Waals surface area contributed by atoms with Gasteiger partial charge in [0.25, 0.3) is 0 Å². The van der Waals surface area contributed by atoms with Crippen molar-refractivity contribution >= 4 is 22.0 Å². The summed E-state index contributed by atoms with van der Waals surface area (Å²) in [7, 11) is -3.28. The molecule has 3 fully saturated rings. The fourth-order valence-corrected chi connectivity index (χ4v) is 6.27. The van der Waals surface area contributed by atoms with E-state index in [0.717, 1.165) is 32.1 Å². The highest BCUT2D eigenvalue weighted by Crippen LogP contribution is 2.35. The molecule has 1 N–H and O–H groups in total. The molecule has 0 aromatic heterocycles. The molecule has 3 unspecified atom stereocenters. The second kappa shape index (κ2) is 8.41. The van der Waals surface area contributed by atoms with Crippen LogP contribution in [0.4, 0.5) is 4.79 Å². The molecule has 3 atom stereocenters. The number of nitrogens with zero attached hydrogens (tertiary/aromatic N) is 2. The smallest absolute Gasteiger partial charge is 0.408 e. The van der Waals surface area contributed by atoms with E-state index in [1.165, 1.54) is 10.6 Å². The number of hydrogen-bond acceptors (Lipinski definition) is 5. The summed E-state index contributed by atoms with van der Waals surface area (Å²) in [6.45, 7) is 6.37. The van der Waals surface area contributed by atoms with Gasteiger partial charge in [0.2, 0.25) is 15.9 Å². The van der Waals surface area contributed by atoms with Crippen molar-refractivity contribution in [3.8, 4) is 0 Å². The van der Waals surface area contributed by atoms with Gasteiger partial charge in [0.1, 0.15) is 11.6 Å². The summed E-state index contributed by atoms with van der Waals surface area (Å²) in [6, 6.07) is -0.873. The zero-order chi connectivity index (χ0) is 21.4. The van der Waals surface area contributed by atoms with Crippen LogP contribution in [0.15, 0.2) is 0 Å². The fourth-order valence-electron chi connectivity index (χ4n) is 5.09. The molecule has 2 amide bonds. The second-order valence-corrected chi connectivity index (χ2v) is 11.6. The molecule has 0 bridgehead atoms. The van der Waals surface area contributed by atoms with Gasteiger partial charge in [0.15, 0.2) is 0 Å². The Labute approximate surface area is 174 Å². The van der Waals surface area contributed by atoms with E-state index in [1.807, 2.05) is 4.90 Å². The number of carbonyl (C=O) groups excluding carboxylic acids is 2. The van der Waals surface area contributed by atoms with E-state index in [4.69, 9.17) is 4.74 Å². The van der Waals surface area contributed by atoms with Crippen LogP contribution in [0.3, 0.4) is 0 Å². The second-order valence-electron chi connectivity index (χ2n) is 9.64. The lowest BCUT2D eigenvalue weighted by Crippen LogP contribution is -2.55. The number of likely N-dealkylation sites (tertiary alicyclic amines) is 1. The molecule has 8 nitrogen and oxygen atoms in total. The summed E-state index contributed by atoms with van der Waals surface area (Å²) in [5.41, 5.74) is -0.634. The zero-order valence-corrected chi connectivity index (χ0v) is 18.8. The van der Waals surface area contributed by atoms with Crippen molar-refractivity contribution in [3.63, 3.8) is 0 Å². The Balaban J connectivity index is 1.75. The number of amides is 2. The number of rotatable bonds is 4. The molecular formula is C20H35N3O5S. The van der Waals surface area contributed by atoms with Crippen LogP contribution >= 0.6 is 0 Å². The molecule has 1 saturated carbocycles. The van der Waals surface area contributed by atoms with Crippen LogP contribution in [0.25, 0.3) is 0 Å². The topological polar surface area (TPSA) is 96.0 Å². The molecule has 0 spiro atoms. The van der Waals surface area contributed by atoms with Gasteiger partial charge in [-0.3, -0.25) is 4.79 Å². The summed E-state index contributed by atoms with van der Waals surface area (Å²) in [4.78, 5) is 27.8. The third-order valence-electron chi connectivity index (χ3n) is 6.29. The molecule has 9 heteroatoms. The number of carbonyl (C=O) groups is 2. The minimum Gasteiger partial charge on any atom is -0.444 e. The van der Waals surface area contributed by atoms with Crippen molar-refractivity contribution in [2.24, 2.45) is 5.92 Å². The minimum absolute atomic E-state index is 0.0920. The van der Waals surface area contributed by atoms with Crippen LogP contribution in [0.2, 0.25) is 0 Å². The third-order valence-corrected chi connectivity index (χ3v) is 7.60. The standard InChI is InChI=1S/C20H35N3O5S/c1-20(2,3)28-19(25)21-17(14-8-6-5-7-9-14)18(24)22-12-10-16-15(22)11-13-23(16)29(4,26)27/h14-17H,5-13H2,1-4H3,(H,21,25). The van der Waals surface area contributed by atoms with Crippen LogP contribution in [0, 0.1) is 5.92 Å². The normalized spacial score (nSPS) is 27.5. The molecule has 0 radical (unpaired) electrons. The summed E-state index contributed by atoms with van der Waals surface area (Å²) < 4.78 is 31.1. The SMILES string of the molecule is CC(C)(C)OC(=O)NC(C(=O)N1CCC2C1CCN2S(C)(=O)=O)C1CCCCC1. The summed E-state index contributed by atoms with van der Waals surface area (Å²) in [5.74, 6) is 0.000780. The van der Waals surface area contributed by atoms with Gasteiger partial charge in [-0.25, -0.2) is 13.2 Å². The number of alkyl carbamates (subject to hydrolysis) is 1. The zero-order valence-electron chi connectivity index (χ0n) is 18.0. The first-order chi connectivity index (χ1) is 13.5.